The second-order valence-electron chi connectivity index (χ2n) is 4.79. The van der Waals surface area contributed by atoms with Gasteiger partial charge in [-0.1, -0.05) is 0 Å². The van der Waals surface area contributed by atoms with Crippen LogP contribution in [0.15, 0.2) is 0 Å². The van der Waals surface area contributed by atoms with E-state index in [1.54, 1.807) is 0 Å². The maximum atomic E-state index is 12.2. The molecule has 1 unspecified atom stereocenters. The van der Waals surface area contributed by atoms with Gasteiger partial charge in [0.05, 0.1) is 5.92 Å². The van der Waals surface area contributed by atoms with Gasteiger partial charge < -0.3 is 9.80 Å². The summed E-state index contributed by atoms with van der Waals surface area (Å²) >= 11 is 0. The van der Waals surface area contributed by atoms with E-state index in [2.05, 4.69) is 23.3 Å². The van der Waals surface area contributed by atoms with Crippen LogP contribution in [0.25, 0.3) is 0 Å². The lowest BCUT2D eigenvalue weighted by Crippen LogP contribution is -2.45. The van der Waals surface area contributed by atoms with E-state index in [-0.39, 0.29) is 5.92 Å². The highest BCUT2D eigenvalue weighted by Gasteiger charge is 2.28. The number of nitrogens with zero attached hydrogens (tertiary/aromatic N) is 2. The Morgan fingerprint density at radius 2 is 2.00 bits per heavy atom. The highest BCUT2D eigenvalue weighted by Crippen LogP contribution is 2.19. The average molecular weight is 209 g/mol. The molecular formula is C12H21N2O. The Morgan fingerprint density at radius 1 is 1.27 bits per heavy atom. The van der Waals surface area contributed by atoms with Crippen LogP contribution in [0, 0.1) is 12.3 Å². The highest BCUT2D eigenvalue weighted by atomic mass is 16.2. The Morgan fingerprint density at radius 3 is 2.67 bits per heavy atom. The summed E-state index contributed by atoms with van der Waals surface area (Å²) < 4.78 is 0. The van der Waals surface area contributed by atoms with Crippen LogP contribution in [0.5, 0.6) is 0 Å². The van der Waals surface area contributed by atoms with Crippen molar-refractivity contribution in [3.8, 4) is 0 Å². The molecule has 0 saturated carbocycles. The van der Waals surface area contributed by atoms with Gasteiger partial charge in [-0.05, 0) is 45.7 Å². The predicted octanol–water partition coefficient (Wildman–Crippen LogP) is 1.15. The summed E-state index contributed by atoms with van der Waals surface area (Å²) in [5.41, 5.74) is 0. The van der Waals surface area contributed by atoms with Crippen molar-refractivity contribution in [3.63, 3.8) is 0 Å². The quantitative estimate of drug-likeness (QED) is 0.647. The molecule has 2 aliphatic heterocycles. The van der Waals surface area contributed by atoms with Crippen molar-refractivity contribution in [1.29, 1.82) is 0 Å². The molecule has 0 aromatic heterocycles. The minimum absolute atomic E-state index is 0.266. The minimum atomic E-state index is 0.266. The molecule has 0 bridgehead atoms. The Labute approximate surface area is 92.4 Å². The fourth-order valence-corrected chi connectivity index (χ4v) is 2.60. The largest absolute Gasteiger partial charge is 0.342 e. The topological polar surface area (TPSA) is 23.6 Å². The van der Waals surface area contributed by atoms with Crippen molar-refractivity contribution < 1.29 is 4.79 Å². The zero-order valence-corrected chi connectivity index (χ0v) is 9.61. The normalized spacial score (nSPS) is 29.1. The third-order valence-corrected chi connectivity index (χ3v) is 3.49. The minimum Gasteiger partial charge on any atom is -0.342 e. The Kier molecular flexibility index (Phi) is 3.62. The van der Waals surface area contributed by atoms with E-state index in [0.29, 0.717) is 5.91 Å². The van der Waals surface area contributed by atoms with Gasteiger partial charge in [-0.2, -0.15) is 0 Å². The van der Waals surface area contributed by atoms with Crippen LogP contribution < -0.4 is 0 Å². The first-order valence-electron chi connectivity index (χ1n) is 6.06. The Hall–Kier alpha value is -0.570. The van der Waals surface area contributed by atoms with Gasteiger partial charge in [0.2, 0.25) is 5.91 Å². The van der Waals surface area contributed by atoms with Crippen LogP contribution in [-0.4, -0.2) is 48.9 Å². The lowest BCUT2D eigenvalue weighted by atomic mass is 9.96. The van der Waals surface area contributed by atoms with Gasteiger partial charge in [0.15, 0.2) is 0 Å². The number of likely N-dealkylation sites (tertiary alicyclic amines) is 2. The monoisotopic (exact) mass is 209 g/mol. The predicted molar refractivity (Wildman–Crippen MR) is 60.3 cm³/mol. The van der Waals surface area contributed by atoms with E-state index in [0.717, 1.165) is 45.4 Å². The van der Waals surface area contributed by atoms with Crippen molar-refractivity contribution in [2.24, 2.45) is 5.92 Å². The second-order valence-corrected chi connectivity index (χ2v) is 4.79. The third kappa shape index (κ3) is 2.71. The van der Waals surface area contributed by atoms with Gasteiger partial charge >= 0.3 is 0 Å². The molecule has 85 valence electrons. The molecular weight excluding hydrogens is 188 g/mol. The SMILES string of the molecule is CN1CCCC(C(=O)N2CC[CH]CC2)C1. The molecule has 15 heavy (non-hydrogen) atoms. The maximum Gasteiger partial charge on any atom is 0.226 e. The van der Waals surface area contributed by atoms with Gasteiger partial charge in [-0.15, -0.1) is 0 Å². The number of hydrogen-bond donors (Lipinski definition) is 0. The van der Waals surface area contributed by atoms with Gasteiger partial charge in [-0.25, -0.2) is 0 Å². The first kappa shape index (κ1) is 10.9. The van der Waals surface area contributed by atoms with Crippen molar-refractivity contribution in [2.75, 3.05) is 33.2 Å². The van der Waals surface area contributed by atoms with Crippen LogP contribution in [0.2, 0.25) is 0 Å². The lowest BCUT2D eigenvalue weighted by molar-refractivity contribution is -0.137. The van der Waals surface area contributed by atoms with E-state index < -0.39 is 0 Å². The first-order valence-corrected chi connectivity index (χ1v) is 6.06. The molecule has 3 nitrogen and oxygen atoms in total. The van der Waals surface area contributed by atoms with Crippen LogP contribution in [0.1, 0.15) is 25.7 Å². The fourth-order valence-electron chi connectivity index (χ4n) is 2.60. The number of carbonyl (C=O) groups is 1. The van der Waals surface area contributed by atoms with Crippen molar-refractivity contribution in [3.05, 3.63) is 6.42 Å². The summed E-state index contributed by atoms with van der Waals surface area (Å²) in [6, 6.07) is 0. The van der Waals surface area contributed by atoms with Gasteiger partial charge in [-0.3, -0.25) is 4.79 Å². The Bertz CT molecular complexity index is 224. The van der Waals surface area contributed by atoms with E-state index >= 15 is 0 Å². The number of carbonyl (C=O) groups excluding carboxylic acids is 1. The number of piperidine rings is 2. The molecule has 2 aliphatic rings. The standard InChI is InChI=1S/C12H21N2O/c1-13-7-5-6-11(10-13)12(15)14-8-3-2-4-9-14/h2,11H,3-10H2,1H3. The molecule has 0 aromatic carbocycles. The maximum absolute atomic E-state index is 12.2. The summed E-state index contributed by atoms with van der Waals surface area (Å²) in [6.45, 7) is 3.99. The lowest BCUT2D eigenvalue weighted by Gasteiger charge is -2.34. The van der Waals surface area contributed by atoms with E-state index in [1.165, 1.54) is 6.42 Å². The highest BCUT2D eigenvalue weighted by molar-refractivity contribution is 5.79. The zero-order chi connectivity index (χ0) is 10.7. The number of rotatable bonds is 1. The van der Waals surface area contributed by atoms with E-state index in [9.17, 15) is 4.79 Å². The molecule has 0 aromatic rings. The first-order chi connectivity index (χ1) is 7.27. The summed E-state index contributed by atoms with van der Waals surface area (Å²) in [6.07, 6.45) is 6.70. The molecule has 1 amide bonds. The van der Waals surface area contributed by atoms with Crippen LogP contribution in [0.4, 0.5) is 0 Å². The number of hydrogen-bond acceptors (Lipinski definition) is 2. The van der Waals surface area contributed by atoms with E-state index in [4.69, 9.17) is 0 Å². The molecule has 2 rings (SSSR count). The zero-order valence-electron chi connectivity index (χ0n) is 9.61. The van der Waals surface area contributed by atoms with Gasteiger partial charge in [0.1, 0.15) is 0 Å². The van der Waals surface area contributed by atoms with Gasteiger partial charge in [0, 0.05) is 19.6 Å². The van der Waals surface area contributed by atoms with Crippen LogP contribution >= 0.6 is 0 Å². The van der Waals surface area contributed by atoms with Gasteiger partial charge in [0.25, 0.3) is 0 Å². The van der Waals surface area contributed by atoms with Crippen LogP contribution in [0.3, 0.4) is 0 Å². The Balaban J connectivity index is 1.88. The summed E-state index contributed by atoms with van der Waals surface area (Å²) in [5, 5.41) is 0. The molecule has 1 radical (unpaired) electrons. The summed E-state index contributed by atoms with van der Waals surface area (Å²) in [5.74, 6) is 0.663. The summed E-state index contributed by atoms with van der Waals surface area (Å²) in [4.78, 5) is 16.5. The van der Waals surface area contributed by atoms with Crippen molar-refractivity contribution in [2.45, 2.75) is 25.7 Å². The second kappa shape index (κ2) is 4.97. The molecule has 0 N–H and O–H groups in total. The molecule has 1 atom stereocenters. The average Bonchev–Trinajstić information content (AvgIpc) is 2.29. The third-order valence-electron chi connectivity index (χ3n) is 3.49. The van der Waals surface area contributed by atoms with Crippen LogP contribution in [-0.2, 0) is 4.79 Å². The molecule has 2 fully saturated rings. The fraction of sp³-hybridized carbons (Fsp3) is 0.833. The van der Waals surface area contributed by atoms with Crippen molar-refractivity contribution >= 4 is 5.91 Å². The number of amides is 1. The van der Waals surface area contributed by atoms with E-state index in [1.807, 2.05) is 0 Å². The summed E-state index contributed by atoms with van der Waals surface area (Å²) in [7, 11) is 2.11. The molecule has 0 aliphatic carbocycles. The van der Waals surface area contributed by atoms with Crippen molar-refractivity contribution in [1.82, 2.24) is 9.80 Å². The molecule has 2 saturated heterocycles. The molecule has 0 spiro atoms. The molecule has 2 heterocycles. The molecule has 3 heteroatoms. The smallest absolute Gasteiger partial charge is 0.226 e.